The molecule has 0 aliphatic carbocycles. The fourth-order valence-electron chi connectivity index (χ4n) is 2.28. The van der Waals surface area contributed by atoms with Crippen LogP contribution in [0.1, 0.15) is 5.56 Å². The topological polar surface area (TPSA) is 107 Å². The van der Waals surface area contributed by atoms with Crippen molar-refractivity contribution in [2.75, 3.05) is 19.6 Å². The van der Waals surface area contributed by atoms with Gasteiger partial charge < -0.3 is 5.73 Å². The first-order chi connectivity index (χ1) is 11.4. The van der Waals surface area contributed by atoms with Gasteiger partial charge in [0.1, 0.15) is 0 Å². The molecule has 0 aliphatic rings. The molecule has 0 radical (unpaired) electrons. The van der Waals surface area contributed by atoms with E-state index < -0.39 is 14.9 Å². The van der Waals surface area contributed by atoms with Crippen molar-refractivity contribution < 1.29 is 13.3 Å². The van der Waals surface area contributed by atoms with E-state index in [1.165, 1.54) is 28.6 Å². The van der Waals surface area contributed by atoms with Crippen LogP contribution in [0.5, 0.6) is 0 Å². The van der Waals surface area contributed by atoms with Gasteiger partial charge >= 0.3 is 0 Å². The van der Waals surface area contributed by atoms with Crippen molar-refractivity contribution in [2.45, 2.75) is 11.3 Å². The van der Waals surface area contributed by atoms with Gasteiger partial charge in [-0.1, -0.05) is 30.3 Å². The first-order valence-electron chi connectivity index (χ1n) is 7.44. The molecule has 0 aliphatic heterocycles. The Morgan fingerprint density at radius 3 is 2.12 bits per heavy atom. The zero-order chi connectivity index (χ0) is 17.6. The number of hydrogen-bond acceptors (Lipinski definition) is 5. The molecule has 2 N–H and O–H groups in total. The first-order valence-corrected chi connectivity index (χ1v) is 8.88. The normalized spacial score (nSPS) is 11.1. The molecule has 2 rings (SSSR count). The van der Waals surface area contributed by atoms with Crippen LogP contribution in [0.3, 0.4) is 0 Å². The summed E-state index contributed by atoms with van der Waals surface area (Å²) in [4.78, 5) is 10.1. The van der Waals surface area contributed by atoms with E-state index in [9.17, 15) is 18.5 Å². The maximum absolute atomic E-state index is 12.7. The second kappa shape index (κ2) is 9.47. The van der Waals surface area contributed by atoms with Gasteiger partial charge in [-0.3, -0.25) is 10.1 Å². The lowest BCUT2D eigenvalue weighted by Crippen LogP contribution is -2.36. The van der Waals surface area contributed by atoms with Crippen LogP contribution in [0, 0.1) is 10.1 Å². The lowest BCUT2D eigenvalue weighted by Gasteiger charge is -2.21. The largest absolute Gasteiger partial charge is 0.329 e. The van der Waals surface area contributed by atoms with E-state index in [4.69, 9.17) is 5.73 Å². The highest BCUT2D eigenvalue weighted by molar-refractivity contribution is 7.89. The molecular weight excluding hydrogens is 366 g/mol. The van der Waals surface area contributed by atoms with Crippen LogP contribution in [0.25, 0.3) is 0 Å². The maximum atomic E-state index is 12.7. The number of nitrogens with zero attached hydrogens (tertiary/aromatic N) is 2. The minimum absolute atomic E-state index is 0. The monoisotopic (exact) mass is 385 g/mol. The lowest BCUT2D eigenvalue weighted by molar-refractivity contribution is -0.384. The second-order valence-corrected chi connectivity index (χ2v) is 7.12. The van der Waals surface area contributed by atoms with Crippen molar-refractivity contribution in [1.29, 1.82) is 0 Å². The van der Waals surface area contributed by atoms with Gasteiger partial charge in [0.2, 0.25) is 10.0 Å². The van der Waals surface area contributed by atoms with Gasteiger partial charge in [-0.2, -0.15) is 4.31 Å². The highest BCUT2D eigenvalue weighted by Crippen LogP contribution is 2.19. The lowest BCUT2D eigenvalue weighted by atomic mass is 10.1. The Bertz CT molecular complexity index is 783. The average molecular weight is 386 g/mol. The summed E-state index contributed by atoms with van der Waals surface area (Å²) in [6.07, 6.45) is 0.563. The molecule has 0 aromatic heterocycles. The first kappa shape index (κ1) is 21.0. The van der Waals surface area contributed by atoms with Crippen molar-refractivity contribution in [3.05, 3.63) is 70.3 Å². The van der Waals surface area contributed by atoms with Crippen molar-refractivity contribution in [3.63, 3.8) is 0 Å². The molecule has 9 heteroatoms. The van der Waals surface area contributed by atoms with Crippen LogP contribution in [0.15, 0.2) is 59.5 Å². The summed E-state index contributed by atoms with van der Waals surface area (Å²) in [5.74, 6) is 0. The number of hydrogen-bond donors (Lipinski definition) is 1. The zero-order valence-corrected chi connectivity index (χ0v) is 15.1. The smallest absolute Gasteiger partial charge is 0.269 e. The molecule has 2 aromatic carbocycles. The maximum Gasteiger partial charge on any atom is 0.269 e. The van der Waals surface area contributed by atoms with E-state index in [1.54, 1.807) is 0 Å². The number of halogens is 1. The fourth-order valence-corrected chi connectivity index (χ4v) is 3.74. The van der Waals surface area contributed by atoms with Crippen molar-refractivity contribution >= 4 is 28.1 Å². The van der Waals surface area contributed by atoms with E-state index in [0.29, 0.717) is 13.0 Å². The molecule has 0 spiro atoms. The van der Waals surface area contributed by atoms with Crippen molar-refractivity contribution in [3.8, 4) is 0 Å². The third-order valence-electron chi connectivity index (χ3n) is 3.56. The Kier molecular flexibility index (Phi) is 7.98. The number of nitro groups is 1. The van der Waals surface area contributed by atoms with E-state index in [-0.39, 0.29) is 36.1 Å². The van der Waals surface area contributed by atoms with Crippen molar-refractivity contribution in [2.24, 2.45) is 5.73 Å². The highest BCUT2D eigenvalue weighted by atomic mass is 35.5. The Morgan fingerprint density at radius 2 is 1.60 bits per heavy atom. The van der Waals surface area contributed by atoms with E-state index in [2.05, 4.69) is 0 Å². The van der Waals surface area contributed by atoms with Gasteiger partial charge in [-0.15, -0.1) is 12.4 Å². The van der Waals surface area contributed by atoms with E-state index in [1.807, 2.05) is 30.3 Å². The second-order valence-electron chi connectivity index (χ2n) is 5.18. The Hall–Kier alpha value is -2.00. The van der Waals surface area contributed by atoms with Gasteiger partial charge in [-0.05, 0) is 24.1 Å². The predicted octanol–water partition coefficient (Wildman–Crippen LogP) is 2.21. The van der Waals surface area contributed by atoms with Crippen LogP contribution in [0.4, 0.5) is 5.69 Å². The molecule has 2 aromatic rings. The van der Waals surface area contributed by atoms with Crippen molar-refractivity contribution in [1.82, 2.24) is 4.31 Å². The molecular formula is C16H20ClN3O4S. The summed E-state index contributed by atoms with van der Waals surface area (Å²) >= 11 is 0. The van der Waals surface area contributed by atoms with E-state index >= 15 is 0 Å². The molecule has 0 atom stereocenters. The third kappa shape index (κ3) is 5.50. The number of sulfonamides is 1. The summed E-state index contributed by atoms with van der Waals surface area (Å²) in [6.45, 7) is 0.674. The van der Waals surface area contributed by atoms with E-state index in [0.717, 1.165) is 5.56 Å². The Morgan fingerprint density at radius 1 is 1.00 bits per heavy atom. The minimum Gasteiger partial charge on any atom is -0.329 e. The van der Waals surface area contributed by atoms with Gasteiger partial charge in [0.25, 0.3) is 5.69 Å². The van der Waals surface area contributed by atoms with Crippen LogP contribution in [0.2, 0.25) is 0 Å². The molecule has 0 unspecified atom stereocenters. The summed E-state index contributed by atoms with van der Waals surface area (Å²) in [5.41, 5.74) is 6.42. The van der Waals surface area contributed by atoms with Gasteiger partial charge in [0.05, 0.1) is 9.82 Å². The van der Waals surface area contributed by atoms with Gasteiger partial charge in [-0.25, -0.2) is 8.42 Å². The summed E-state index contributed by atoms with van der Waals surface area (Å²) in [6, 6.07) is 14.4. The molecule has 0 amide bonds. The van der Waals surface area contributed by atoms with Crippen LogP contribution in [-0.2, 0) is 16.4 Å². The minimum atomic E-state index is -3.75. The summed E-state index contributed by atoms with van der Waals surface area (Å²) < 4.78 is 26.8. The van der Waals surface area contributed by atoms with Crippen LogP contribution < -0.4 is 5.73 Å². The molecule has 136 valence electrons. The summed E-state index contributed by atoms with van der Waals surface area (Å²) in [7, 11) is -3.75. The zero-order valence-electron chi connectivity index (χ0n) is 13.4. The quantitative estimate of drug-likeness (QED) is 0.553. The van der Waals surface area contributed by atoms with Gasteiger partial charge in [0.15, 0.2) is 0 Å². The average Bonchev–Trinajstić information content (AvgIpc) is 2.59. The highest BCUT2D eigenvalue weighted by Gasteiger charge is 2.24. The van der Waals surface area contributed by atoms with Gasteiger partial charge in [0, 0.05) is 31.8 Å². The van der Waals surface area contributed by atoms with Crippen LogP contribution >= 0.6 is 12.4 Å². The number of rotatable bonds is 8. The molecule has 0 saturated heterocycles. The molecule has 0 saturated carbocycles. The number of nitro benzene ring substituents is 1. The Balaban J connectivity index is 0.00000312. The fraction of sp³-hybridized carbons (Fsp3) is 0.250. The number of non-ortho nitro benzene ring substituents is 1. The molecule has 0 heterocycles. The number of nitrogens with two attached hydrogens (primary N) is 1. The molecule has 7 nitrogen and oxygen atoms in total. The Labute approximate surface area is 153 Å². The SMILES string of the molecule is Cl.NCCN(CCc1ccccc1)S(=O)(=O)c1ccc([N+](=O)[O-])cc1. The van der Waals surface area contributed by atoms with Crippen LogP contribution in [-0.4, -0.2) is 37.3 Å². The molecule has 25 heavy (non-hydrogen) atoms. The number of benzene rings is 2. The summed E-state index contributed by atoms with van der Waals surface area (Å²) in [5, 5.41) is 10.7. The molecule has 0 bridgehead atoms. The standard InChI is InChI=1S/C16H19N3O4S.ClH/c17-11-13-18(12-10-14-4-2-1-3-5-14)24(22,23)16-8-6-15(7-9-16)19(20)21;/h1-9H,10-13,17H2;1H. The third-order valence-corrected chi connectivity index (χ3v) is 5.47. The predicted molar refractivity (Wildman–Crippen MR) is 98.3 cm³/mol. The molecule has 0 fully saturated rings.